The van der Waals surface area contributed by atoms with Crippen molar-refractivity contribution in [2.24, 2.45) is 0 Å². The fourth-order valence-electron chi connectivity index (χ4n) is 2.37. The molecule has 1 aromatic heterocycles. The van der Waals surface area contributed by atoms with Crippen LogP contribution < -0.4 is 0 Å². The molecule has 3 aromatic rings. The Hall–Kier alpha value is -1.80. The lowest BCUT2D eigenvalue weighted by atomic mass is 10.2. The van der Waals surface area contributed by atoms with Crippen LogP contribution in [0.3, 0.4) is 0 Å². The van der Waals surface area contributed by atoms with Gasteiger partial charge in [-0.2, -0.15) is 0 Å². The second-order valence-corrected chi connectivity index (χ2v) is 7.74. The van der Waals surface area contributed by atoms with Crippen molar-refractivity contribution >= 4 is 52.5 Å². The fraction of sp³-hybridized carbons (Fsp3) is 0.167. The highest BCUT2D eigenvalue weighted by molar-refractivity contribution is 7.98. The summed E-state index contributed by atoms with van der Waals surface area (Å²) in [4.78, 5) is 12.3. The summed E-state index contributed by atoms with van der Waals surface area (Å²) in [7, 11) is 0. The van der Waals surface area contributed by atoms with E-state index in [1.165, 1.54) is 16.8 Å². The molecule has 0 bridgehead atoms. The van der Waals surface area contributed by atoms with Crippen LogP contribution in [0.2, 0.25) is 15.1 Å². The minimum absolute atomic E-state index is 0.00964. The first kappa shape index (κ1) is 20.9. The van der Waals surface area contributed by atoms with Crippen molar-refractivity contribution in [1.29, 1.82) is 0 Å². The highest BCUT2D eigenvalue weighted by Crippen LogP contribution is 2.32. The second kappa shape index (κ2) is 9.13. The van der Waals surface area contributed by atoms with Gasteiger partial charge in [-0.3, -0.25) is 0 Å². The fourth-order valence-corrected chi connectivity index (χ4v) is 4.29. The van der Waals surface area contributed by atoms with Gasteiger partial charge in [0.25, 0.3) is 0 Å². The van der Waals surface area contributed by atoms with Crippen LogP contribution in [0.25, 0.3) is 5.69 Å². The molecule has 146 valence electrons. The van der Waals surface area contributed by atoms with Crippen molar-refractivity contribution in [3.8, 4) is 5.69 Å². The zero-order valence-electron chi connectivity index (χ0n) is 14.5. The molecule has 0 fully saturated rings. The van der Waals surface area contributed by atoms with Gasteiger partial charge < -0.3 is 4.74 Å². The molecule has 0 radical (unpaired) electrons. The number of thioether (sulfide) groups is 1. The van der Waals surface area contributed by atoms with Crippen molar-refractivity contribution in [1.82, 2.24) is 15.0 Å². The van der Waals surface area contributed by atoms with Crippen molar-refractivity contribution < 1.29 is 13.9 Å². The number of rotatable bonds is 6. The van der Waals surface area contributed by atoms with Gasteiger partial charge in [0.1, 0.15) is 10.8 Å². The van der Waals surface area contributed by atoms with Crippen molar-refractivity contribution in [2.75, 3.05) is 6.61 Å². The summed E-state index contributed by atoms with van der Waals surface area (Å²) in [6.45, 7) is 1.86. The average molecular weight is 461 g/mol. The first-order valence-electron chi connectivity index (χ1n) is 8.05. The Kier molecular flexibility index (Phi) is 6.82. The summed E-state index contributed by atoms with van der Waals surface area (Å²) in [6, 6.07) is 9.26. The minimum Gasteiger partial charge on any atom is -0.461 e. The number of aromatic nitrogens is 3. The van der Waals surface area contributed by atoms with E-state index in [0.717, 1.165) is 11.8 Å². The summed E-state index contributed by atoms with van der Waals surface area (Å²) in [6.07, 6.45) is 0. The monoisotopic (exact) mass is 459 g/mol. The third kappa shape index (κ3) is 4.60. The third-order valence-electron chi connectivity index (χ3n) is 3.60. The lowest BCUT2D eigenvalue weighted by Crippen LogP contribution is -2.07. The molecule has 0 spiro atoms. The molecule has 0 saturated heterocycles. The zero-order valence-corrected chi connectivity index (χ0v) is 17.5. The van der Waals surface area contributed by atoms with Gasteiger partial charge in [0, 0.05) is 26.4 Å². The molecular weight excluding hydrogens is 448 g/mol. The van der Waals surface area contributed by atoms with E-state index < -0.39 is 11.8 Å². The summed E-state index contributed by atoms with van der Waals surface area (Å²) < 4.78 is 20.6. The zero-order chi connectivity index (χ0) is 20.3. The molecule has 0 atom stereocenters. The van der Waals surface area contributed by atoms with Crippen LogP contribution in [0.1, 0.15) is 23.0 Å². The first-order chi connectivity index (χ1) is 13.4. The van der Waals surface area contributed by atoms with Crippen molar-refractivity contribution in [2.45, 2.75) is 17.7 Å². The Bertz CT molecular complexity index is 989. The summed E-state index contributed by atoms with van der Waals surface area (Å²) in [5.74, 6) is -0.925. The molecule has 0 aliphatic heterocycles. The van der Waals surface area contributed by atoms with E-state index in [1.807, 2.05) is 0 Å². The topological polar surface area (TPSA) is 57.0 Å². The number of benzene rings is 2. The summed E-state index contributed by atoms with van der Waals surface area (Å²) in [5.41, 5.74) is 0.818. The highest BCUT2D eigenvalue weighted by atomic mass is 35.5. The maximum Gasteiger partial charge on any atom is 0.361 e. The number of hydrogen-bond donors (Lipinski definition) is 0. The Balaban J connectivity index is 2.03. The van der Waals surface area contributed by atoms with Gasteiger partial charge in [-0.15, -0.1) is 5.10 Å². The maximum atomic E-state index is 14.1. The normalized spacial score (nSPS) is 10.9. The molecule has 0 unspecified atom stereocenters. The van der Waals surface area contributed by atoms with Gasteiger partial charge >= 0.3 is 5.97 Å². The van der Waals surface area contributed by atoms with E-state index >= 15 is 0 Å². The quantitative estimate of drug-likeness (QED) is 0.342. The average Bonchev–Trinajstić information content (AvgIpc) is 3.05. The molecule has 0 N–H and O–H groups in total. The highest BCUT2D eigenvalue weighted by Gasteiger charge is 2.23. The van der Waals surface area contributed by atoms with Gasteiger partial charge in [-0.1, -0.05) is 57.8 Å². The van der Waals surface area contributed by atoms with E-state index in [2.05, 4.69) is 10.3 Å². The summed E-state index contributed by atoms with van der Waals surface area (Å²) >= 11 is 19.4. The number of esters is 1. The van der Waals surface area contributed by atoms with Gasteiger partial charge in [-0.25, -0.2) is 13.9 Å². The Morgan fingerprint density at radius 2 is 1.93 bits per heavy atom. The van der Waals surface area contributed by atoms with Gasteiger partial charge in [0.05, 0.1) is 12.3 Å². The van der Waals surface area contributed by atoms with Crippen LogP contribution in [0.4, 0.5) is 4.39 Å². The van der Waals surface area contributed by atoms with Crippen molar-refractivity contribution in [3.63, 3.8) is 0 Å². The molecule has 0 aliphatic rings. The van der Waals surface area contributed by atoms with Crippen LogP contribution in [-0.2, 0) is 10.5 Å². The molecule has 28 heavy (non-hydrogen) atoms. The van der Waals surface area contributed by atoms with Gasteiger partial charge in [0.2, 0.25) is 5.69 Å². The molecule has 10 heteroatoms. The molecule has 0 saturated carbocycles. The van der Waals surface area contributed by atoms with Crippen LogP contribution in [-0.4, -0.2) is 27.6 Å². The summed E-state index contributed by atoms with van der Waals surface area (Å²) in [5, 5.41) is 9.39. The lowest BCUT2D eigenvalue weighted by Gasteiger charge is -2.10. The largest absolute Gasteiger partial charge is 0.461 e. The van der Waals surface area contributed by atoms with Gasteiger partial charge in [-0.05, 0) is 37.3 Å². The standard InChI is InChI=1S/C18H13Cl3FN3O2S/c1-2-27-18(26)16-17(28-9-13-14(21)4-3-5-15(13)22)25(24-23-16)12-7-10(19)6-11(20)8-12/h3-8H,2,9H2,1H3. The molecule has 0 amide bonds. The van der Waals surface area contributed by atoms with Crippen LogP contribution in [0.5, 0.6) is 0 Å². The number of halogens is 4. The van der Waals surface area contributed by atoms with Crippen molar-refractivity contribution in [3.05, 3.63) is 68.5 Å². The second-order valence-electron chi connectivity index (χ2n) is 5.49. The predicted octanol–water partition coefficient (Wildman–Crippen LogP) is 5.84. The van der Waals surface area contributed by atoms with Crippen LogP contribution in [0.15, 0.2) is 41.4 Å². The number of carbonyl (C=O) groups excluding carboxylic acids is 1. The van der Waals surface area contributed by atoms with E-state index in [4.69, 9.17) is 39.5 Å². The van der Waals surface area contributed by atoms with Gasteiger partial charge in [0.15, 0.2) is 0 Å². The van der Waals surface area contributed by atoms with E-state index in [9.17, 15) is 9.18 Å². The molecule has 3 rings (SSSR count). The smallest absolute Gasteiger partial charge is 0.361 e. The van der Waals surface area contributed by atoms with Crippen LogP contribution in [0, 0.1) is 5.82 Å². The molecule has 2 aromatic carbocycles. The molecule has 0 aliphatic carbocycles. The minimum atomic E-state index is -0.635. The number of carbonyl (C=O) groups is 1. The Morgan fingerprint density at radius 3 is 2.57 bits per heavy atom. The molecule has 5 nitrogen and oxygen atoms in total. The lowest BCUT2D eigenvalue weighted by molar-refractivity contribution is 0.0515. The third-order valence-corrected chi connectivity index (χ3v) is 5.47. The SMILES string of the molecule is CCOC(=O)c1nnn(-c2cc(Cl)cc(Cl)c2)c1SCc1c(F)cccc1Cl. The number of nitrogens with zero attached hydrogens (tertiary/aromatic N) is 3. The molecular formula is C18H13Cl3FN3O2S. The Labute approximate surface area is 179 Å². The van der Waals surface area contributed by atoms with E-state index in [1.54, 1.807) is 31.2 Å². The van der Waals surface area contributed by atoms with Crippen LogP contribution >= 0.6 is 46.6 Å². The number of hydrogen-bond acceptors (Lipinski definition) is 5. The number of ether oxygens (including phenoxy) is 1. The maximum absolute atomic E-state index is 14.1. The molecule has 1 heterocycles. The van der Waals surface area contributed by atoms with E-state index in [-0.39, 0.29) is 23.1 Å². The Morgan fingerprint density at radius 1 is 1.21 bits per heavy atom. The predicted molar refractivity (Wildman–Crippen MR) is 108 cm³/mol. The van der Waals surface area contributed by atoms with E-state index in [0.29, 0.717) is 26.3 Å². The first-order valence-corrected chi connectivity index (χ1v) is 10.2.